The van der Waals surface area contributed by atoms with Gasteiger partial charge in [-0.15, -0.1) is 16.8 Å². The number of carbonyl (C=O) groups excluding carboxylic acids is 2. The van der Waals surface area contributed by atoms with Crippen molar-refractivity contribution in [3.05, 3.63) is 76.6 Å². The Kier molecular flexibility index (Phi) is 8.30. The lowest BCUT2D eigenvalue weighted by molar-refractivity contribution is -0.116. The molecule has 0 fully saturated rings. The summed E-state index contributed by atoms with van der Waals surface area (Å²) < 4.78 is 1.78. The van der Waals surface area contributed by atoms with E-state index in [0.29, 0.717) is 28.2 Å². The predicted octanol–water partition coefficient (Wildman–Crippen LogP) is 4.95. The third kappa shape index (κ3) is 6.69. The van der Waals surface area contributed by atoms with Crippen LogP contribution in [0.2, 0.25) is 5.02 Å². The predicted molar refractivity (Wildman–Crippen MR) is 134 cm³/mol. The molecule has 0 bridgehead atoms. The highest BCUT2D eigenvalue weighted by Crippen LogP contribution is 2.21. The molecule has 2 amide bonds. The number of thioether (sulfide) groups is 1. The molecule has 1 heterocycles. The number of anilines is 2. The fourth-order valence-electron chi connectivity index (χ4n) is 3.03. The van der Waals surface area contributed by atoms with Gasteiger partial charge in [0.2, 0.25) is 11.8 Å². The number of amides is 2. The van der Waals surface area contributed by atoms with E-state index in [9.17, 15) is 9.59 Å². The maximum Gasteiger partial charge on any atom is 0.234 e. The summed E-state index contributed by atoms with van der Waals surface area (Å²) in [7, 11) is 0. The Morgan fingerprint density at radius 2 is 1.67 bits per heavy atom. The Morgan fingerprint density at radius 3 is 2.33 bits per heavy atom. The van der Waals surface area contributed by atoms with Gasteiger partial charge in [-0.05, 0) is 61.7 Å². The van der Waals surface area contributed by atoms with E-state index < -0.39 is 0 Å². The third-order valence-electron chi connectivity index (χ3n) is 5.00. The summed E-state index contributed by atoms with van der Waals surface area (Å²) in [5.41, 5.74) is 4.58. The van der Waals surface area contributed by atoms with Gasteiger partial charge in [0.25, 0.3) is 0 Å². The van der Waals surface area contributed by atoms with Gasteiger partial charge in [0.15, 0.2) is 5.16 Å². The second kappa shape index (κ2) is 11.2. The molecule has 2 N–H and O–H groups in total. The van der Waals surface area contributed by atoms with Crippen molar-refractivity contribution in [3.63, 3.8) is 0 Å². The molecule has 172 valence electrons. The summed E-state index contributed by atoms with van der Waals surface area (Å²) in [6.07, 6.45) is 1.73. The molecule has 0 saturated heterocycles. The van der Waals surface area contributed by atoms with Crippen LogP contribution < -0.4 is 10.6 Å². The van der Waals surface area contributed by atoms with E-state index in [-0.39, 0.29) is 24.0 Å². The van der Waals surface area contributed by atoms with Crippen LogP contribution in [0.3, 0.4) is 0 Å². The lowest BCUT2D eigenvalue weighted by Crippen LogP contribution is -2.18. The van der Waals surface area contributed by atoms with E-state index in [0.717, 1.165) is 16.8 Å². The van der Waals surface area contributed by atoms with E-state index in [1.807, 2.05) is 45.0 Å². The Bertz CT molecular complexity index is 1190. The third-order valence-corrected chi connectivity index (χ3v) is 6.38. The highest BCUT2D eigenvalue weighted by atomic mass is 35.5. The number of aromatic nitrogens is 3. The van der Waals surface area contributed by atoms with Gasteiger partial charge >= 0.3 is 0 Å². The van der Waals surface area contributed by atoms with Crippen molar-refractivity contribution >= 4 is 46.6 Å². The maximum absolute atomic E-state index is 12.5. The van der Waals surface area contributed by atoms with Crippen molar-refractivity contribution in [1.82, 2.24) is 14.8 Å². The van der Waals surface area contributed by atoms with Crippen LogP contribution in [-0.4, -0.2) is 32.3 Å². The second-order valence-corrected chi connectivity index (χ2v) is 8.97. The molecule has 1 aromatic heterocycles. The number of halogens is 1. The zero-order chi connectivity index (χ0) is 24.0. The van der Waals surface area contributed by atoms with Gasteiger partial charge in [0.05, 0.1) is 12.2 Å². The SMILES string of the molecule is C=CCn1c(CC(=O)Nc2ccc(C)c(Cl)c2)nnc1SCC(=O)Nc1ccc(C)c(C)c1. The first kappa shape index (κ1) is 24.5. The quantitative estimate of drug-likeness (QED) is 0.332. The van der Waals surface area contributed by atoms with Crippen LogP contribution >= 0.6 is 23.4 Å². The molecular formula is C24H26ClN5O2S. The van der Waals surface area contributed by atoms with E-state index in [2.05, 4.69) is 27.4 Å². The topological polar surface area (TPSA) is 88.9 Å². The van der Waals surface area contributed by atoms with Gasteiger partial charge in [-0.25, -0.2) is 0 Å². The molecule has 0 aliphatic rings. The summed E-state index contributed by atoms with van der Waals surface area (Å²) in [6, 6.07) is 11.1. The van der Waals surface area contributed by atoms with E-state index in [4.69, 9.17) is 11.6 Å². The summed E-state index contributed by atoms with van der Waals surface area (Å²) in [5.74, 6) is 0.266. The van der Waals surface area contributed by atoms with Crippen LogP contribution in [0.25, 0.3) is 0 Å². The molecule has 0 atom stereocenters. The molecule has 9 heteroatoms. The van der Waals surface area contributed by atoms with Crippen LogP contribution in [0, 0.1) is 20.8 Å². The molecule has 0 aliphatic heterocycles. The molecule has 7 nitrogen and oxygen atoms in total. The number of benzene rings is 2. The normalized spacial score (nSPS) is 10.7. The first-order valence-electron chi connectivity index (χ1n) is 10.4. The van der Waals surface area contributed by atoms with E-state index >= 15 is 0 Å². The number of nitrogens with one attached hydrogen (secondary N) is 2. The van der Waals surface area contributed by atoms with Gasteiger partial charge < -0.3 is 15.2 Å². The minimum absolute atomic E-state index is 0.0295. The highest BCUT2D eigenvalue weighted by molar-refractivity contribution is 7.99. The summed E-state index contributed by atoms with van der Waals surface area (Å²) in [4.78, 5) is 24.9. The molecule has 33 heavy (non-hydrogen) atoms. The van der Waals surface area contributed by atoms with E-state index in [1.165, 1.54) is 17.3 Å². The van der Waals surface area contributed by atoms with Gasteiger partial charge in [-0.3, -0.25) is 9.59 Å². The Balaban J connectivity index is 1.62. The molecule has 0 unspecified atom stereocenters. The Labute approximate surface area is 202 Å². The molecule has 0 saturated carbocycles. The van der Waals surface area contributed by atoms with Crippen molar-refractivity contribution < 1.29 is 9.59 Å². The number of allylic oxidation sites excluding steroid dienone is 1. The first-order valence-corrected chi connectivity index (χ1v) is 11.7. The zero-order valence-corrected chi connectivity index (χ0v) is 20.4. The lowest BCUT2D eigenvalue weighted by atomic mass is 10.1. The maximum atomic E-state index is 12.5. The number of aryl methyl sites for hydroxylation is 3. The van der Waals surface area contributed by atoms with Gasteiger partial charge in [-0.2, -0.15) is 0 Å². The average Bonchev–Trinajstić information content (AvgIpc) is 3.13. The van der Waals surface area contributed by atoms with E-state index in [1.54, 1.807) is 22.8 Å². The molecule has 0 spiro atoms. The molecule has 0 aliphatic carbocycles. The van der Waals surface area contributed by atoms with Gasteiger partial charge in [-0.1, -0.05) is 41.6 Å². The Morgan fingerprint density at radius 1 is 1.00 bits per heavy atom. The first-order chi connectivity index (χ1) is 15.8. The Hall–Kier alpha value is -3.10. The van der Waals surface area contributed by atoms with Crippen molar-refractivity contribution in [2.24, 2.45) is 0 Å². The fourth-order valence-corrected chi connectivity index (χ4v) is 3.98. The standard InChI is InChI=1S/C24H26ClN5O2S/c1-5-10-30-21(13-22(31)26-19-9-7-16(3)20(25)12-19)28-29-24(30)33-14-23(32)27-18-8-6-15(2)17(4)11-18/h5-9,11-12H,1,10,13-14H2,2-4H3,(H,26,31)(H,27,32). The van der Waals surface area contributed by atoms with Crippen LogP contribution in [0.15, 0.2) is 54.2 Å². The fraction of sp³-hybridized carbons (Fsp3) is 0.250. The number of carbonyl (C=O) groups is 2. The number of nitrogens with zero attached hydrogens (tertiary/aromatic N) is 3. The minimum atomic E-state index is -0.239. The molecular weight excluding hydrogens is 458 g/mol. The van der Waals surface area contributed by atoms with Crippen molar-refractivity contribution in [3.8, 4) is 0 Å². The monoisotopic (exact) mass is 483 g/mol. The largest absolute Gasteiger partial charge is 0.326 e. The van der Waals surface area contributed by atoms with Crippen LogP contribution in [0.5, 0.6) is 0 Å². The molecule has 3 rings (SSSR count). The van der Waals surface area contributed by atoms with Crippen molar-refractivity contribution in [1.29, 1.82) is 0 Å². The summed E-state index contributed by atoms with van der Waals surface area (Å²) in [5, 5.41) is 15.2. The molecule has 3 aromatic rings. The summed E-state index contributed by atoms with van der Waals surface area (Å²) in [6.45, 7) is 10.1. The van der Waals surface area contributed by atoms with Gasteiger partial charge in [0.1, 0.15) is 5.82 Å². The zero-order valence-electron chi connectivity index (χ0n) is 18.8. The smallest absolute Gasteiger partial charge is 0.234 e. The summed E-state index contributed by atoms with van der Waals surface area (Å²) >= 11 is 7.39. The minimum Gasteiger partial charge on any atom is -0.326 e. The number of hydrogen-bond acceptors (Lipinski definition) is 5. The van der Waals surface area contributed by atoms with Gasteiger partial charge in [0, 0.05) is 22.9 Å². The van der Waals surface area contributed by atoms with Crippen LogP contribution in [-0.2, 0) is 22.6 Å². The van der Waals surface area contributed by atoms with Crippen molar-refractivity contribution in [2.75, 3.05) is 16.4 Å². The number of hydrogen-bond donors (Lipinski definition) is 2. The highest BCUT2D eigenvalue weighted by Gasteiger charge is 2.17. The van der Waals surface area contributed by atoms with Crippen molar-refractivity contribution in [2.45, 2.75) is 38.9 Å². The van der Waals surface area contributed by atoms with Crippen LogP contribution in [0.1, 0.15) is 22.5 Å². The second-order valence-electron chi connectivity index (χ2n) is 7.62. The lowest BCUT2D eigenvalue weighted by Gasteiger charge is -2.10. The molecule has 2 aromatic carbocycles. The average molecular weight is 484 g/mol. The molecule has 0 radical (unpaired) electrons. The number of rotatable bonds is 9. The van der Waals surface area contributed by atoms with Crippen LogP contribution in [0.4, 0.5) is 11.4 Å².